The van der Waals surface area contributed by atoms with Crippen LogP contribution in [0.5, 0.6) is 5.75 Å². The number of terminal acetylenes is 1. The van der Waals surface area contributed by atoms with Crippen LogP contribution in [0, 0.1) is 12.3 Å². The van der Waals surface area contributed by atoms with Gasteiger partial charge in [0.25, 0.3) is 0 Å². The number of nitrogens with one attached hydrogen (secondary N) is 1. The molecule has 3 rings (SSSR count). The molecule has 30 heavy (non-hydrogen) atoms. The van der Waals surface area contributed by atoms with Gasteiger partial charge in [0.1, 0.15) is 18.2 Å². The first-order valence-corrected chi connectivity index (χ1v) is 10.1. The third-order valence-corrected chi connectivity index (χ3v) is 4.79. The smallest absolute Gasteiger partial charge is 0.194 e. The number of halogens is 1. The third-order valence-electron chi connectivity index (χ3n) is 4.79. The van der Waals surface area contributed by atoms with E-state index in [2.05, 4.69) is 51.1 Å². The van der Waals surface area contributed by atoms with Gasteiger partial charge in [0, 0.05) is 45.5 Å². The minimum absolute atomic E-state index is 0. The van der Waals surface area contributed by atoms with Crippen molar-refractivity contribution in [1.82, 2.24) is 15.2 Å². The van der Waals surface area contributed by atoms with Gasteiger partial charge in [0.05, 0.1) is 0 Å². The highest BCUT2D eigenvalue weighted by Crippen LogP contribution is 2.14. The lowest BCUT2D eigenvalue weighted by molar-refractivity contribution is 0.370. The summed E-state index contributed by atoms with van der Waals surface area (Å²) in [4.78, 5) is 14.0. The molecule has 0 amide bonds. The van der Waals surface area contributed by atoms with Gasteiger partial charge in [-0.1, -0.05) is 24.1 Å². The second-order valence-electron chi connectivity index (χ2n) is 6.78. The van der Waals surface area contributed by atoms with Gasteiger partial charge in [-0.25, -0.2) is 4.98 Å². The van der Waals surface area contributed by atoms with Gasteiger partial charge < -0.3 is 19.9 Å². The Morgan fingerprint density at radius 3 is 2.57 bits per heavy atom. The number of pyridine rings is 1. The van der Waals surface area contributed by atoms with Crippen LogP contribution >= 0.6 is 24.0 Å². The van der Waals surface area contributed by atoms with E-state index in [-0.39, 0.29) is 24.0 Å². The molecule has 1 saturated heterocycles. The zero-order chi connectivity index (χ0) is 20.3. The van der Waals surface area contributed by atoms with Gasteiger partial charge in [0.15, 0.2) is 5.96 Å². The molecule has 0 spiro atoms. The molecule has 1 N–H and O–H groups in total. The lowest BCUT2D eigenvalue weighted by Gasteiger charge is -2.37. The maximum Gasteiger partial charge on any atom is 0.194 e. The maximum atomic E-state index is 5.42. The van der Waals surface area contributed by atoms with Crippen LogP contribution in [0.3, 0.4) is 0 Å². The molecule has 2 heterocycles. The molecule has 1 aliphatic rings. The van der Waals surface area contributed by atoms with Gasteiger partial charge >= 0.3 is 0 Å². The standard InChI is InChI=1S/C23H29N5O.HI/c1-3-19-29-21-10-8-20(9-11-21)12-14-26-23(24-4-2)28-17-15-27(16-18-28)22-7-5-6-13-25-22;/h1,5-11,13H,4,12,14-19H2,2H3,(H,24,26);1H. The normalized spacial score (nSPS) is 13.9. The van der Waals surface area contributed by atoms with Crippen molar-refractivity contribution in [2.75, 3.05) is 50.8 Å². The first-order valence-electron chi connectivity index (χ1n) is 10.1. The molecule has 0 bridgehead atoms. The third kappa shape index (κ3) is 7.10. The van der Waals surface area contributed by atoms with Crippen LogP contribution in [0.2, 0.25) is 0 Å². The number of ether oxygens (including phenoxy) is 1. The van der Waals surface area contributed by atoms with E-state index in [1.54, 1.807) is 0 Å². The van der Waals surface area contributed by atoms with Gasteiger partial charge in [-0.3, -0.25) is 4.99 Å². The van der Waals surface area contributed by atoms with E-state index in [1.807, 2.05) is 30.5 Å². The largest absolute Gasteiger partial charge is 0.481 e. The summed E-state index contributed by atoms with van der Waals surface area (Å²) in [5.41, 5.74) is 1.23. The van der Waals surface area contributed by atoms with E-state index in [0.717, 1.165) is 63.2 Å². The number of hydrogen-bond donors (Lipinski definition) is 1. The molecule has 0 radical (unpaired) electrons. The predicted octanol–water partition coefficient (Wildman–Crippen LogP) is 3.04. The Hall–Kier alpha value is -2.47. The molecule has 1 aromatic carbocycles. The molecule has 1 aromatic heterocycles. The van der Waals surface area contributed by atoms with Gasteiger partial charge in [-0.05, 0) is 43.2 Å². The molecular formula is C23H30IN5O. The Labute approximate surface area is 196 Å². The van der Waals surface area contributed by atoms with Crippen LogP contribution in [0.25, 0.3) is 0 Å². The van der Waals surface area contributed by atoms with Gasteiger partial charge in [-0.2, -0.15) is 0 Å². The Morgan fingerprint density at radius 1 is 1.17 bits per heavy atom. The Morgan fingerprint density at radius 2 is 1.93 bits per heavy atom. The lowest BCUT2D eigenvalue weighted by Crippen LogP contribution is -2.52. The van der Waals surface area contributed by atoms with Gasteiger partial charge in [0.2, 0.25) is 0 Å². The van der Waals surface area contributed by atoms with E-state index >= 15 is 0 Å². The molecule has 160 valence electrons. The molecule has 0 atom stereocenters. The number of aromatic nitrogens is 1. The summed E-state index contributed by atoms with van der Waals surface area (Å²) >= 11 is 0. The fourth-order valence-electron chi connectivity index (χ4n) is 3.28. The minimum Gasteiger partial charge on any atom is -0.481 e. The number of rotatable bonds is 7. The maximum absolute atomic E-state index is 5.42. The predicted molar refractivity (Wildman–Crippen MR) is 134 cm³/mol. The van der Waals surface area contributed by atoms with Crippen molar-refractivity contribution in [2.24, 2.45) is 4.99 Å². The van der Waals surface area contributed by atoms with E-state index < -0.39 is 0 Å². The highest BCUT2D eigenvalue weighted by atomic mass is 127. The van der Waals surface area contributed by atoms with Crippen molar-refractivity contribution in [3.05, 3.63) is 54.2 Å². The summed E-state index contributed by atoms with van der Waals surface area (Å²) < 4.78 is 5.42. The molecule has 0 aliphatic carbocycles. The lowest BCUT2D eigenvalue weighted by atomic mass is 10.1. The molecule has 2 aromatic rings. The number of nitrogens with zero attached hydrogens (tertiary/aromatic N) is 4. The SMILES string of the molecule is C#CCOc1ccc(CCN=C(NCC)N2CCN(c3ccccn3)CC2)cc1.I. The molecule has 0 saturated carbocycles. The first-order chi connectivity index (χ1) is 14.3. The van der Waals surface area contributed by atoms with Crippen molar-refractivity contribution in [3.8, 4) is 18.1 Å². The number of guanidine groups is 1. The number of anilines is 1. The second-order valence-corrected chi connectivity index (χ2v) is 6.78. The van der Waals surface area contributed by atoms with E-state index in [9.17, 15) is 0 Å². The van der Waals surface area contributed by atoms with Crippen molar-refractivity contribution in [2.45, 2.75) is 13.3 Å². The van der Waals surface area contributed by atoms with Crippen molar-refractivity contribution in [3.63, 3.8) is 0 Å². The molecular weight excluding hydrogens is 489 g/mol. The number of hydrogen-bond acceptors (Lipinski definition) is 4. The summed E-state index contributed by atoms with van der Waals surface area (Å²) in [7, 11) is 0. The summed E-state index contributed by atoms with van der Waals surface area (Å²) in [6.45, 7) is 7.76. The topological polar surface area (TPSA) is 53.0 Å². The number of benzene rings is 1. The van der Waals surface area contributed by atoms with Crippen LogP contribution in [-0.2, 0) is 6.42 Å². The fraction of sp³-hybridized carbons (Fsp3) is 0.391. The van der Waals surface area contributed by atoms with Crippen molar-refractivity contribution in [1.29, 1.82) is 0 Å². The quantitative estimate of drug-likeness (QED) is 0.264. The zero-order valence-corrected chi connectivity index (χ0v) is 19.8. The van der Waals surface area contributed by atoms with Crippen LogP contribution in [0.15, 0.2) is 53.7 Å². The molecule has 0 unspecified atom stereocenters. The minimum atomic E-state index is 0. The average molecular weight is 519 g/mol. The van der Waals surface area contributed by atoms with E-state index in [4.69, 9.17) is 16.2 Å². The molecule has 6 nitrogen and oxygen atoms in total. The Balaban J connectivity index is 0.00000320. The average Bonchev–Trinajstić information content (AvgIpc) is 2.79. The molecule has 1 fully saturated rings. The van der Waals surface area contributed by atoms with Crippen LogP contribution in [-0.4, -0.2) is 61.7 Å². The molecule has 7 heteroatoms. The second kappa shape index (κ2) is 13.0. The number of piperazine rings is 1. The highest BCUT2D eigenvalue weighted by molar-refractivity contribution is 14.0. The summed E-state index contributed by atoms with van der Waals surface area (Å²) in [6.07, 6.45) is 7.95. The fourth-order valence-corrected chi connectivity index (χ4v) is 3.28. The number of aliphatic imine (C=N–C) groups is 1. The van der Waals surface area contributed by atoms with Crippen LogP contribution < -0.4 is 15.0 Å². The summed E-state index contributed by atoms with van der Waals surface area (Å²) in [5.74, 6) is 5.31. The highest BCUT2D eigenvalue weighted by Gasteiger charge is 2.20. The Kier molecular flexibility index (Phi) is 10.3. The van der Waals surface area contributed by atoms with E-state index in [1.165, 1.54) is 5.56 Å². The van der Waals surface area contributed by atoms with Crippen molar-refractivity contribution < 1.29 is 4.74 Å². The summed E-state index contributed by atoms with van der Waals surface area (Å²) in [6, 6.07) is 14.1. The van der Waals surface area contributed by atoms with Crippen LogP contribution in [0.4, 0.5) is 5.82 Å². The van der Waals surface area contributed by atoms with Crippen LogP contribution in [0.1, 0.15) is 12.5 Å². The Bertz CT molecular complexity index is 812. The van der Waals surface area contributed by atoms with Crippen molar-refractivity contribution >= 4 is 35.8 Å². The monoisotopic (exact) mass is 519 g/mol. The first kappa shape index (κ1) is 23.8. The molecule has 1 aliphatic heterocycles. The van der Waals surface area contributed by atoms with E-state index in [0.29, 0.717) is 6.61 Å². The summed E-state index contributed by atoms with van der Waals surface area (Å²) in [5, 5.41) is 3.43. The van der Waals surface area contributed by atoms with Gasteiger partial charge in [-0.15, -0.1) is 30.4 Å². The zero-order valence-electron chi connectivity index (χ0n) is 17.5.